The Morgan fingerprint density at radius 1 is 1.37 bits per heavy atom. The lowest BCUT2D eigenvalue weighted by Crippen LogP contribution is -2.36. The van der Waals surface area contributed by atoms with Crippen molar-refractivity contribution in [3.05, 3.63) is 39.7 Å². The maximum absolute atomic E-state index is 5.25. The third-order valence-electron chi connectivity index (χ3n) is 2.71. The van der Waals surface area contributed by atoms with E-state index in [-0.39, 0.29) is 0 Å². The van der Waals surface area contributed by atoms with Gasteiger partial charge in [-0.15, -0.1) is 11.3 Å². The molecule has 2 heterocycles. The Morgan fingerprint density at radius 2 is 2.16 bits per heavy atom. The maximum atomic E-state index is 5.25. The standard InChI is InChI=1S/C13H18N4OS/c1-9-10(2)19-12(17-9)8-16-13(14-3)15-7-11-5-4-6-18-11/h4-6H,7-8H2,1-3H3,(H2,14,15,16). The number of thiazole rings is 1. The number of aryl methyl sites for hydroxylation is 2. The minimum atomic E-state index is 0.614. The van der Waals surface area contributed by atoms with Crippen LogP contribution in [0.5, 0.6) is 0 Å². The Kier molecular flexibility index (Phi) is 4.57. The summed E-state index contributed by atoms with van der Waals surface area (Å²) < 4.78 is 5.25. The summed E-state index contributed by atoms with van der Waals surface area (Å²) in [4.78, 5) is 9.90. The van der Waals surface area contributed by atoms with Crippen molar-refractivity contribution in [2.75, 3.05) is 7.05 Å². The first-order valence-corrected chi connectivity index (χ1v) is 6.90. The van der Waals surface area contributed by atoms with Crippen molar-refractivity contribution in [1.29, 1.82) is 0 Å². The lowest BCUT2D eigenvalue weighted by molar-refractivity contribution is 0.501. The van der Waals surface area contributed by atoms with Gasteiger partial charge in [0.25, 0.3) is 0 Å². The first-order valence-electron chi connectivity index (χ1n) is 6.09. The van der Waals surface area contributed by atoms with Gasteiger partial charge in [0, 0.05) is 11.9 Å². The normalized spacial score (nSPS) is 11.6. The predicted octanol–water partition coefficient (Wildman–Crippen LogP) is 2.22. The zero-order valence-corrected chi connectivity index (χ0v) is 12.2. The quantitative estimate of drug-likeness (QED) is 0.665. The Balaban J connectivity index is 1.82. The molecule has 2 aromatic heterocycles. The lowest BCUT2D eigenvalue weighted by atomic mass is 10.4. The number of aromatic nitrogens is 1. The Labute approximate surface area is 116 Å². The fourth-order valence-electron chi connectivity index (χ4n) is 1.58. The van der Waals surface area contributed by atoms with Crippen LogP contribution >= 0.6 is 11.3 Å². The zero-order chi connectivity index (χ0) is 13.7. The third-order valence-corrected chi connectivity index (χ3v) is 3.79. The third kappa shape index (κ3) is 3.82. The molecule has 0 spiro atoms. The van der Waals surface area contributed by atoms with Crippen molar-refractivity contribution < 1.29 is 4.42 Å². The molecule has 2 aromatic rings. The van der Waals surface area contributed by atoms with E-state index in [0.29, 0.717) is 13.1 Å². The van der Waals surface area contributed by atoms with E-state index in [2.05, 4.69) is 27.5 Å². The predicted molar refractivity (Wildman–Crippen MR) is 77.3 cm³/mol. The Morgan fingerprint density at radius 3 is 2.74 bits per heavy atom. The molecule has 0 unspecified atom stereocenters. The second-order valence-corrected chi connectivity index (χ2v) is 5.40. The minimum Gasteiger partial charge on any atom is -0.467 e. The summed E-state index contributed by atoms with van der Waals surface area (Å²) in [6.07, 6.45) is 1.66. The van der Waals surface area contributed by atoms with Gasteiger partial charge in [0.05, 0.1) is 25.0 Å². The van der Waals surface area contributed by atoms with Crippen LogP contribution in [-0.4, -0.2) is 18.0 Å². The second-order valence-electron chi connectivity index (χ2n) is 4.11. The van der Waals surface area contributed by atoms with Crippen molar-refractivity contribution in [2.45, 2.75) is 26.9 Å². The van der Waals surface area contributed by atoms with Crippen LogP contribution in [-0.2, 0) is 13.1 Å². The van der Waals surface area contributed by atoms with Crippen LogP contribution in [0, 0.1) is 13.8 Å². The Bertz CT molecular complexity index is 525. The second kappa shape index (κ2) is 6.38. The van der Waals surface area contributed by atoms with Gasteiger partial charge in [-0.25, -0.2) is 4.98 Å². The van der Waals surface area contributed by atoms with Gasteiger partial charge in [-0.1, -0.05) is 0 Å². The van der Waals surface area contributed by atoms with Crippen LogP contribution in [0.15, 0.2) is 27.8 Å². The molecule has 0 aliphatic rings. The smallest absolute Gasteiger partial charge is 0.191 e. The average molecular weight is 278 g/mol. The zero-order valence-electron chi connectivity index (χ0n) is 11.4. The van der Waals surface area contributed by atoms with Gasteiger partial charge >= 0.3 is 0 Å². The first kappa shape index (κ1) is 13.6. The molecular weight excluding hydrogens is 260 g/mol. The lowest BCUT2D eigenvalue weighted by Gasteiger charge is -2.09. The molecule has 0 saturated carbocycles. The topological polar surface area (TPSA) is 62.5 Å². The first-order chi connectivity index (χ1) is 9.19. The van der Waals surface area contributed by atoms with E-state index in [9.17, 15) is 0 Å². The largest absolute Gasteiger partial charge is 0.467 e. The Hall–Kier alpha value is -1.82. The number of nitrogens with one attached hydrogen (secondary N) is 2. The van der Waals surface area contributed by atoms with Crippen LogP contribution in [0.1, 0.15) is 21.3 Å². The summed E-state index contributed by atoms with van der Waals surface area (Å²) >= 11 is 1.71. The fourth-order valence-corrected chi connectivity index (χ4v) is 2.45. The summed E-state index contributed by atoms with van der Waals surface area (Å²) in [6.45, 7) is 5.40. The van der Waals surface area contributed by atoms with E-state index >= 15 is 0 Å². The molecule has 0 amide bonds. The summed E-state index contributed by atoms with van der Waals surface area (Å²) in [5.41, 5.74) is 1.10. The van der Waals surface area contributed by atoms with Crippen LogP contribution < -0.4 is 10.6 Å². The van der Waals surface area contributed by atoms with Crippen LogP contribution in [0.2, 0.25) is 0 Å². The fraction of sp³-hybridized carbons (Fsp3) is 0.385. The molecule has 0 fully saturated rings. The van der Waals surface area contributed by atoms with E-state index in [4.69, 9.17) is 4.42 Å². The molecule has 0 radical (unpaired) electrons. The number of guanidine groups is 1. The highest BCUT2D eigenvalue weighted by Gasteiger charge is 2.05. The van der Waals surface area contributed by atoms with Gasteiger partial charge in [0.2, 0.25) is 0 Å². The summed E-state index contributed by atoms with van der Waals surface area (Å²) in [5.74, 6) is 1.62. The molecule has 0 atom stereocenters. The molecule has 19 heavy (non-hydrogen) atoms. The molecule has 0 aliphatic carbocycles. The highest BCUT2D eigenvalue weighted by Crippen LogP contribution is 2.15. The van der Waals surface area contributed by atoms with Crippen molar-refractivity contribution >= 4 is 17.3 Å². The van der Waals surface area contributed by atoms with Crippen LogP contribution in [0.4, 0.5) is 0 Å². The van der Waals surface area contributed by atoms with E-state index in [1.54, 1.807) is 24.6 Å². The molecule has 2 rings (SSSR count). The highest BCUT2D eigenvalue weighted by atomic mass is 32.1. The van der Waals surface area contributed by atoms with Crippen molar-refractivity contribution in [3.8, 4) is 0 Å². The van der Waals surface area contributed by atoms with Crippen molar-refractivity contribution in [2.24, 2.45) is 4.99 Å². The van der Waals surface area contributed by atoms with Gasteiger partial charge in [-0.05, 0) is 26.0 Å². The molecule has 6 heteroatoms. The van der Waals surface area contributed by atoms with Gasteiger partial charge in [0.15, 0.2) is 5.96 Å². The van der Waals surface area contributed by atoms with Crippen LogP contribution in [0.3, 0.4) is 0 Å². The number of aliphatic imine (C=N–C) groups is 1. The monoisotopic (exact) mass is 278 g/mol. The average Bonchev–Trinajstić information content (AvgIpc) is 3.01. The van der Waals surface area contributed by atoms with Crippen LogP contribution in [0.25, 0.3) is 0 Å². The van der Waals surface area contributed by atoms with E-state index < -0.39 is 0 Å². The van der Waals surface area contributed by atoms with Gasteiger partial charge in [-0.3, -0.25) is 4.99 Å². The van der Waals surface area contributed by atoms with E-state index in [1.165, 1.54) is 4.88 Å². The number of hydrogen-bond donors (Lipinski definition) is 2. The number of furan rings is 1. The minimum absolute atomic E-state index is 0.614. The van der Waals surface area contributed by atoms with Gasteiger partial charge in [0.1, 0.15) is 10.8 Å². The van der Waals surface area contributed by atoms with E-state index in [0.717, 1.165) is 22.4 Å². The van der Waals surface area contributed by atoms with Gasteiger partial charge < -0.3 is 15.1 Å². The number of hydrogen-bond acceptors (Lipinski definition) is 4. The molecule has 0 saturated heterocycles. The van der Waals surface area contributed by atoms with Crippen molar-refractivity contribution in [1.82, 2.24) is 15.6 Å². The van der Waals surface area contributed by atoms with Crippen molar-refractivity contribution in [3.63, 3.8) is 0 Å². The molecule has 2 N–H and O–H groups in total. The molecule has 102 valence electrons. The van der Waals surface area contributed by atoms with E-state index in [1.807, 2.05) is 19.1 Å². The molecule has 0 aliphatic heterocycles. The number of rotatable bonds is 4. The number of nitrogens with zero attached hydrogens (tertiary/aromatic N) is 2. The SMILES string of the molecule is CN=C(NCc1ccco1)NCc1nc(C)c(C)s1. The maximum Gasteiger partial charge on any atom is 0.191 e. The molecular formula is C13H18N4OS. The highest BCUT2D eigenvalue weighted by molar-refractivity contribution is 7.11. The van der Waals surface area contributed by atoms with Gasteiger partial charge in [-0.2, -0.15) is 0 Å². The molecule has 0 bridgehead atoms. The molecule has 0 aromatic carbocycles. The molecule has 5 nitrogen and oxygen atoms in total. The summed E-state index contributed by atoms with van der Waals surface area (Å²) in [7, 11) is 1.75. The summed E-state index contributed by atoms with van der Waals surface area (Å²) in [5, 5.41) is 7.48. The summed E-state index contributed by atoms with van der Waals surface area (Å²) in [6, 6.07) is 3.79.